The summed E-state index contributed by atoms with van der Waals surface area (Å²) in [7, 11) is 0. The third kappa shape index (κ3) is 5.74. The Hall–Kier alpha value is -0.220. The topological polar surface area (TPSA) is 38.3 Å². The molecule has 0 spiro atoms. The summed E-state index contributed by atoms with van der Waals surface area (Å²) in [5.74, 6) is 0.912. The van der Waals surface area contributed by atoms with Crippen LogP contribution in [-0.2, 0) is 9.53 Å². The van der Waals surface area contributed by atoms with Gasteiger partial charge >= 0.3 is 5.97 Å². The number of hydrogen-bond donors (Lipinski definition) is 1. The van der Waals surface area contributed by atoms with Gasteiger partial charge in [-0.05, 0) is 52.7 Å². The van der Waals surface area contributed by atoms with E-state index in [4.69, 9.17) is 4.74 Å². The first-order chi connectivity index (χ1) is 8.98. The molecule has 0 aliphatic heterocycles. The standard InChI is InChI=1S/C15H29NO2S/c1-5-18-14(17)15(4,16-12(2)3)10-11-19-13-8-6-7-9-13/h12-13,16H,5-11H2,1-4H3. The molecule has 3 nitrogen and oxygen atoms in total. The van der Waals surface area contributed by atoms with Crippen molar-refractivity contribution in [1.29, 1.82) is 0 Å². The minimum absolute atomic E-state index is 0.115. The Bertz CT molecular complexity index is 277. The van der Waals surface area contributed by atoms with Gasteiger partial charge in [0.05, 0.1) is 6.61 Å². The van der Waals surface area contributed by atoms with E-state index in [0.717, 1.165) is 17.4 Å². The zero-order valence-corrected chi connectivity index (χ0v) is 13.6. The van der Waals surface area contributed by atoms with Crippen LogP contribution in [0.5, 0.6) is 0 Å². The van der Waals surface area contributed by atoms with E-state index in [1.807, 2.05) is 25.6 Å². The molecule has 0 bridgehead atoms. The third-order valence-electron chi connectivity index (χ3n) is 3.59. The van der Waals surface area contributed by atoms with Crippen molar-refractivity contribution < 1.29 is 9.53 Å². The van der Waals surface area contributed by atoms with Crippen LogP contribution in [0.15, 0.2) is 0 Å². The van der Waals surface area contributed by atoms with Crippen molar-refractivity contribution in [3.63, 3.8) is 0 Å². The highest BCUT2D eigenvalue weighted by Crippen LogP contribution is 2.31. The largest absolute Gasteiger partial charge is 0.465 e. The van der Waals surface area contributed by atoms with Gasteiger partial charge in [0.2, 0.25) is 0 Å². The Morgan fingerprint density at radius 2 is 2.05 bits per heavy atom. The van der Waals surface area contributed by atoms with E-state index in [2.05, 4.69) is 19.2 Å². The van der Waals surface area contributed by atoms with Crippen LogP contribution in [0.1, 0.15) is 59.8 Å². The summed E-state index contributed by atoms with van der Waals surface area (Å²) in [6.07, 6.45) is 6.27. The fourth-order valence-corrected chi connectivity index (χ4v) is 4.17. The molecule has 1 aliphatic carbocycles. The third-order valence-corrected chi connectivity index (χ3v) is 4.97. The number of carbonyl (C=O) groups is 1. The molecule has 0 heterocycles. The Kier molecular flexibility index (Phi) is 7.22. The number of hydrogen-bond acceptors (Lipinski definition) is 4. The Labute approximate surface area is 122 Å². The molecular formula is C15H29NO2S. The Morgan fingerprint density at radius 1 is 1.42 bits per heavy atom. The minimum atomic E-state index is -0.546. The Balaban J connectivity index is 2.45. The van der Waals surface area contributed by atoms with Gasteiger partial charge < -0.3 is 4.74 Å². The summed E-state index contributed by atoms with van der Waals surface area (Å²) in [5.41, 5.74) is -0.546. The molecular weight excluding hydrogens is 258 g/mol. The molecule has 0 aromatic rings. The van der Waals surface area contributed by atoms with E-state index in [-0.39, 0.29) is 12.0 Å². The van der Waals surface area contributed by atoms with Gasteiger partial charge in [-0.15, -0.1) is 0 Å². The van der Waals surface area contributed by atoms with Gasteiger partial charge in [-0.25, -0.2) is 0 Å². The van der Waals surface area contributed by atoms with E-state index in [1.54, 1.807) is 0 Å². The number of ether oxygens (including phenoxy) is 1. The quantitative estimate of drug-likeness (QED) is 0.695. The van der Waals surface area contributed by atoms with Crippen LogP contribution in [0.25, 0.3) is 0 Å². The number of esters is 1. The highest BCUT2D eigenvalue weighted by atomic mass is 32.2. The van der Waals surface area contributed by atoms with Crippen molar-refractivity contribution in [3.8, 4) is 0 Å². The molecule has 1 N–H and O–H groups in total. The smallest absolute Gasteiger partial charge is 0.326 e. The predicted octanol–water partition coefficient (Wildman–Crippen LogP) is 3.37. The van der Waals surface area contributed by atoms with Crippen molar-refractivity contribution in [2.24, 2.45) is 0 Å². The molecule has 112 valence electrons. The molecule has 1 saturated carbocycles. The van der Waals surface area contributed by atoms with Gasteiger partial charge in [0.15, 0.2) is 0 Å². The molecule has 1 atom stereocenters. The van der Waals surface area contributed by atoms with E-state index in [0.29, 0.717) is 6.61 Å². The summed E-state index contributed by atoms with van der Waals surface area (Å²) in [6.45, 7) is 8.42. The lowest BCUT2D eigenvalue weighted by Crippen LogP contribution is -2.53. The fraction of sp³-hybridized carbons (Fsp3) is 0.933. The second-order valence-electron chi connectivity index (χ2n) is 5.88. The molecule has 4 heteroatoms. The van der Waals surface area contributed by atoms with Crippen molar-refractivity contribution in [2.45, 2.75) is 76.6 Å². The van der Waals surface area contributed by atoms with Crippen LogP contribution in [0, 0.1) is 0 Å². The molecule has 19 heavy (non-hydrogen) atoms. The van der Waals surface area contributed by atoms with Crippen molar-refractivity contribution in [2.75, 3.05) is 12.4 Å². The van der Waals surface area contributed by atoms with Crippen LogP contribution in [0.4, 0.5) is 0 Å². The van der Waals surface area contributed by atoms with E-state index >= 15 is 0 Å². The lowest BCUT2D eigenvalue weighted by Gasteiger charge is -2.31. The molecule has 0 saturated heterocycles. The monoisotopic (exact) mass is 287 g/mol. The molecule has 0 amide bonds. The summed E-state index contributed by atoms with van der Waals surface area (Å²) < 4.78 is 5.22. The number of nitrogens with one attached hydrogen (secondary N) is 1. The molecule has 0 radical (unpaired) electrons. The van der Waals surface area contributed by atoms with E-state index < -0.39 is 5.54 Å². The van der Waals surface area contributed by atoms with Crippen molar-refractivity contribution >= 4 is 17.7 Å². The number of thioether (sulfide) groups is 1. The van der Waals surface area contributed by atoms with Gasteiger partial charge in [-0.2, -0.15) is 11.8 Å². The minimum Gasteiger partial charge on any atom is -0.465 e. The second-order valence-corrected chi connectivity index (χ2v) is 7.29. The number of rotatable bonds is 8. The molecule has 0 aromatic heterocycles. The molecule has 1 rings (SSSR count). The summed E-state index contributed by atoms with van der Waals surface area (Å²) in [5, 5.41) is 4.19. The lowest BCUT2D eigenvalue weighted by molar-refractivity contribution is -0.150. The maximum Gasteiger partial charge on any atom is 0.326 e. The van der Waals surface area contributed by atoms with Gasteiger partial charge in [-0.1, -0.05) is 12.8 Å². The highest BCUT2D eigenvalue weighted by Gasteiger charge is 2.35. The average molecular weight is 287 g/mol. The first kappa shape index (κ1) is 16.8. The zero-order chi connectivity index (χ0) is 14.3. The summed E-state index contributed by atoms with van der Waals surface area (Å²) >= 11 is 2.03. The summed E-state index contributed by atoms with van der Waals surface area (Å²) in [6, 6.07) is 0.283. The van der Waals surface area contributed by atoms with Gasteiger partial charge in [0.25, 0.3) is 0 Å². The van der Waals surface area contributed by atoms with Gasteiger partial charge in [0, 0.05) is 11.3 Å². The van der Waals surface area contributed by atoms with Crippen LogP contribution in [0.3, 0.4) is 0 Å². The van der Waals surface area contributed by atoms with E-state index in [1.165, 1.54) is 25.7 Å². The van der Waals surface area contributed by atoms with Crippen LogP contribution in [0.2, 0.25) is 0 Å². The second kappa shape index (κ2) is 8.15. The van der Waals surface area contributed by atoms with Crippen molar-refractivity contribution in [3.05, 3.63) is 0 Å². The highest BCUT2D eigenvalue weighted by molar-refractivity contribution is 7.99. The van der Waals surface area contributed by atoms with Gasteiger partial charge in [-0.3, -0.25) is 10.1 Å². The van der Waals surface area contributed by atoms with Crippen molar-refractivity contribution in [1.82, 2.24) is 5.32 Å². The molecule has 1 fully saturated rings. The van der Waals surface area contributed by atoms with Crippen LogP contribution in [-0.4, -0.2) is 35.2 Å². The first-order valence-corrected chi connectivity index (χ1v) is 8.59. The number of carbonyl (C=O) groups excluding carboxylic acids is 1. The molecule has 1 aliphatic rings. The zero-order valence-electron chi connectivity index (χ0n) is 12.8. The first-order valence-electron chi connectivity index (χ1n) is 7.54. The predicted molar refractivity (Wildman–Crippen MR) is 82.6 cm³/mol. The summed E-state index contributed by atoms with van der Waals surface area (Å²) in [4.78, 5) is 12.1. The SMILES string of the molecule is CCOC(=O)C(C)(CCSC1CCCC1)NC(C)C. The van der Waals surface area contributed by atoms with E-state index in [9.17, 15) is 4.79 Å². The fourth-order valence-electron chi connectivity index (χ4n) is 2.65. The molecule has 0 aromatic carbocycles. The maximum atomic E-state index is 12.1. The Morgan fingerprint density at radius 3 is 2.58 bits per heavy atom. The van der Waals surface area contributed by atoms with Crippen LogP contribution >= 0.6 is 11.8 Å². The van der Waals surface area contributed by atoms with Crippen LogP contribution < -0.4 is 5.32 Å². The normalized spacial score (nSPS) is 19.6. The lowest BCUT2D eigenvalue weighted by atomic mass is 9.98. The average Bonchev–Trinajstić information content (AvgIpc) is 2.81. The molecule has 1 unspecified atom stereocenters. The maximum absolute atomic E-state index is 12.1. The van der Waals surface area contributed by atoms with Gasteiger partial charge in [0.1, 0.15) is 5.54 Å².